The zero-order valence-corrected chi connectivity index (χ0v) is 10.7. The van der Waals surface area contributed by atoms with Crippen molar-refractivity contribution in [1.82, 2.24) is 0 Å². The average Bonchev–Trinajstić information content (AvgIpc) is 2.20. The zero-order chi connectivity index (χ0) is 11.3. The van der Waals surface area contributed by atoms with Crippen molar-refractivity contribution >= 4 is 15.9 Å². The van der Waals surface area contributed by atoms with Crippen molar-refractivity contribution < 1.29 is 9.84 Å². The van der Waals surface area contributed by atoms with Crippen molar-refractivity contribution in [3.8, 4) is 5.75 Å². The van der Waals surface area contributed by atoms with Crippen LogP contribution < -0.4 is 4.74 Å². The minimum atomic E-state index is -0.265. The molecule has 0 aliphatic carbocycles. The molecular weight excluding hydrogens is 256 g/mol. The van der Waals surface area contributed by atoms with E-state index in [0.717, 1.165) is 16.6 Å². The number of halogens is 1. The number of rotatable bonds is 5. The summed E-state index contributed by atoms with van der Waals surface area (Å²) >= 11 is 3.37. The highest BCUT2D eigenvalue weighted by Crippen LogP contribution is 2.17. The third-order valence-electron chi connectivity index (χ3n) is 2.48. The van der Waals surface area contributed by atoms with E-state index in [4.69, 9.17) is 4.74 Å². The van der Waals surface area contributed by atoms with Crippen LogP contribution in [0.15, 0.2) is 28.7 Å². The first-order valence-electron chi connectivity index (χ1n) is 5.16. The van der Waals surface area contributed by atoms with Gasteiger partial charge >= 0.3 is 0 Å². The third kappa shape index (κ3) is 4.67. The zero-order valence-electron chi connectivity index (χ0n) is 9.11. The number of benzene rings is 1. The maximum Gasteiger partial charge on any atom is 0.119 e. The van der Waals surface area contributed by atoms with Gasteiger partial charge in [0.15, 0.2) is 0 Å². The smallest absolute Gasteiger partial charge is 0.119 e. The van der Waals surface area contributed by atoms with E-state index in [1.54, 1.807) is 0 Å². The molecule has 2 unspecified atom stereocenters. The molecule has 2 atom stereocenters. The fourth-order valence-electron chi connectivity index (χ4n) is 1.13. The van der Waals surface area contributed by atoms with E-state index in [0.29, 0.717) is 6.61 Å². The average molecular weight is 273 g/mol. The second-order valence-corrected chi connectivity index (χ2v) is 4.72. The van der Waals surface area contributed by atoms with Crippen LogP contribution in [0.25, 0.3) is 0 Å². The van der Waals surface area contributed by atoms with Gasteiger partial charge in [0.1, 0.15) is 5.75 Å². The first kappa shape index (κ1) is 12.5. The lowest BCUT2D eigenvalue weighted by molar-refractivity contribution is 0.118. The third-order valence-corrected chi connectivity index (χ3v) is 3.01. The van der Waals surface area contributed by atoms with E-state index in [9.17, 15) is 5.11 Å². The summed E-state index contributed by atoms with van der Waals surface area (Å²) in [5.74, 6) is 1.15. The van der Waals surface area contributed by atoms with Crippen LogP contribution in [-0.2, 0) is 0 Å². The molecule has 2 nitrogen and oxygen atoms in total. The standard InChI is InChI=1S/C12H17BrO2/c1-9(10(2)14)7-8-15-12-5-3-11(13)4-6-12/h3-6,9-10,14H,7-8H2,1-2H3. The Hall–Kier alpha value is -0.540. The minimum Gasteiger partial charge on any atom is -0.494 e. The fourth-order valence-corrected chi connectivity index (χ4v) is 1.40. The van der Waals surface area contributed by atoms with Crippen molar-refractivity contribution in [2.45, 2.75) is 26.4 Å². The first-order valence-corrected chi connectivity index (χ1v) is 5.95. The van der Waals surface area contributed by atoms with Crippen molar-refractivity contribution in [2.75, 3.05) is 6.61 Å². The Kier molecular flexibility index (Phi) is 5.12. The molecule has 1 aromatic rings. The van der Waals surface area contributed by atoms with Crippen LogP contribution in [0.1, 0.15) is 20.3 Å². The van der Waals surface area contributed by atoms with Gasteiger partial charge in [0.25, 0.3) is 0 Å². The van der Waals surface area contributed by atoms with E-state index in [1.165, 1.54) is 0 Å². The molecule has 0 spiro atoms. The van der Waals surface area contributed by atoms with Crippen LogP contribution >= 0.6 is 15.9 Å². The van der Waals surface area contributed by atoms with Gasteiger partial charge < -0.3 is 9.84 Å². The molecule has 1 N–H and O–H groups in total. The highest BCUT2D eigenvalue weighted by Gasteiger charge is 2.08. The molecule has 0 bridgehead atoms. The summed E-state index contributed by atoms with van der Waals surface area (Å²) < 4.78 is 6.60. The van der Waals surface area contributed by atoms with Crippen LogP contribution in [0.2, 0.25) is 0 Å². The van der Waals surface area contributed by atoms with Crippen LogP contribution in [0.3, 0.4) is 0 Å². The van der Waals surface area contributed by atoms with Crippen molar-refractivity contribution in [3.63, 3.8) is 0 Å². The summed E-state index contributed by atoms with van der Waals surface area (Å²) in [4.78, 5) is 0. The lowest BCUT2D eigenvalue weighted by atomic mass is 10.0. The monoisotopic (exact) mass is 272 g/mol. The molecule has 0 radical (unpaired) electrons. The summed E-state index contributed by atoms with van der Waals surface area (Å²) in [6, 6.07) is 7.76. The Morgan fingerprint density at radius 3 is 2.40 bits per heavy atom. The second-order valence-electron chi connectivity index (χ2n) is 3.81. The highest BCUT2D eigenvalue weighted by atomic mass is 79.9. The van der Waals surface area contributed by atoms with Gasteiger partial charge in [0, 0.05) is 4.47 Å². The van der Waals surface area contributed by atoms with Crippen LogP contribution in [0.4, 0.5) is 0 Å². The van der Waals surface area contributed by atoms with Crippen LogP contribution in [-0.4, -0.2) is 17.8 Å². The summed E-state index contributed by atoms with van der Waals surface area (Å²) in [5.41, 5.74) is 0. The molecule has 0 saturated carbocycles. The van der Waals surface area contributed by atoms with Crippen molar-refractivity contribution in [2.24, 2.45) is 5.92 Å². The van der Waals surface area contributed by atoms with E-state index >= 15 is 0 Å². The van der Waals surface area contributed by atoms with E-state index < -0.39 is 0 Å². The van der Waals surface area contributed by atoms with Gasteiger partial charge in [-0.2, -0.15) is 0 Å². The predicted octanol–water partition coefficient (Wildman–Crippen LogP) is 3.23. The van der Waals surface area contributed by atoms with Gasteiger partial charge in [0.05, 0.1) is 12.7 Å². The Labute approximate surface area is 99.4 Å². The lowest BCUT2D eigenvalue weighted by Crippen LogP contribution is -2.15. The maximum absolute atomic E-state index is 9.29. The minimum absolute atomic E-state index is 0.265. The Morgan fingerprint density at radius 1 is 1.27 bits per heavy atom. The summed E-state index contributed by atoms with van der Waals surface area (Å²) in [6.45, 7) is 4.48. The lowest BCUT2D eigenvalue weighted by Gasteiger charge is -2.14. The highest BCUT2D eigenvalue weighted by molar-refractivity contribution is 9.10. The maximum atomic E-state index is 9.29. The number of aliphatic hydroxyl groups excluding tert-OH is 1. The molecule has 0 aliphatic rings. The summed E-state index contributed by atoms with van der Waals surface area (Å²) in [5, 5.41) is 9.29. The SMILES string of the molecule is CC(O)C(C)CCOc1ccc(Br)cc1. The van der Waals surface area contributed by atoms with E-state index in [-0.39, 0.29) is 12.0 Å². The van der Waals surface area contributed by atoms with Crippen LogP contribution in [0, 0.1) is 5.92 Å². The van der Waals surface area contributed by atoms with Gasteiger partial charge in [-0.05, 0) is 43.5 Å². The molecule has 0 amide bonds. The van der Waals surface area contributed by atoms with Gasteiger partial charge in [-0.25, -0.2) is 0 Å². The molecule has 84 valence electrons. The largest absolute Gasteiger partial charge is 0.494 e. The molecular formula is C12H17BrO2. The molecule has 0 heterocycles. The number of aliphatic hydroxyl groups is 1. The van der Waals surface area contributed by atoms with Crippen molar-refractivity contribution in [3.05, 3.63) is 28.7 Å². The Balaban J connectivity index is 2.29. The molecule has 1 rings (SSSR count). The second kappa shape index (κ2) is 6.13. The number of hydrogen-bond donors (Lipinski definition) is 1. The van der Waals surface area contributed by atoms with Gasteiger partial charge in [-0.1, -0.05) is 22.9 Å². The van der Waals surface area contributed by atoms with E-state index in [2.05, 4.69) is 15.9 Å². The Bertz CT molecular complexity index is 282. The Morgan fingerprint density at radius 2 is 1.87 bits per heavy atom. The van der Waals surface area contributed by atoms with Gasteiger partial charge in [-0.3, -0.25) is 0 Å². The van der Waals surface area contributed by atoms with Crippen molar-refractivity contribution in [1.29, 1.82) is 0 Å². The van der Waals surface area contributed by atoms with Gasteiger partial charge in [-0.15, -0.1) is 0 Å². The normalized spacial score (nSPS) is 14.7. The van der Waals surface area contributed by atoms with Crippen LogP contribution in [0.5, 0.6) is 5.75 Å². The fraction of sp³-hybridized carbons (Fsp3) is 0.500. The van der Waals surface area contributed by atoms with E-state index in [1.807, 2.05) is 38.1 Å². The number of hydrogen-bond acceptors (Lipinski definition) is 2. The molecule has 0 saturated heterocycles. The molecule has 3 heteroatoms. The van der Waals surface area contributed by atoms with Gasteiger partial charge in [0.2, 0.25) is 0 Å². The first-order chi connectivity index (χ1) is 7.09. The topological polar surface area (TPSA) is 29.5 Å². The predicted molar refractivity (Wildman–Crippen MR) is 65.1 cm³/mol. The molecule has 0 aromatic heterocycles. The quantitative estimate of drug-likeness (QED) is 0.892. The molecule has 15 heavy (non-hydrogen) atoms. The summed E-state index contributed by atoms with van der Waals surface area (Å²) in [6.07, 6.45) is 0.604. The number of ether oxygens (including phenoxy) is 1. The molecule has 1 aromatic carbocycles. The molecule has 0 fully saturated rings. The molecule has 0 aliphatic heterocycles. The summed E-state index contributed by atoms with van der Waals surface area (Å²) in [7, 11) is 0.